The molecule has 0 aliphatic rings. The first-order chi connectivity index (χ1) is 10.1. The molecular formula is C18H18ClNO. The second-order valence-corrected chi connectivity index (χ2v) is 5.11. The molecule has 3 heteroatoms. The van der Waals surface area contributed by atoms with E-state index in [2.05, 4.69) is 18.0 Å². The fraction of sp³-hybridized carbons (Fsp3) is 0.167. The summed E-state index contributed by atoms with van der Waals surface area (Å²) < 4.78 is 5.18. The Morgan fingerprint density at radius 2 is 1.57 bits per heavy atom. The van der Waals surface area contributed by atoms with Gasteiger partial charge in [0.25, 0.3) is 0 Å². The smallest absolute Gasteiger partial charge is 0.118 e. The molecule has 0 amide bonds. The minimum Gasteiger partial charge on any atom is -0.497 e. The predicted octanol–water partition coefficient (Wildman–Crippen LogP) is 4.87. The van der Waals surface area contributed by atoms with Crippen LogP contribution in [-0.2, 0) is 0 Å². The van der Waals surface area contributed by atoms with Crippen molar-refractivity contribution in [2.45, 2.75) is 6.92 Å². The molecule has 2 aromatic rings. The number of hydrogen-bond acceptors (Lipinski definition) is 2. The normalized spacial score (nSPS) is 12.4. The highest BCUT2D eigenvalue weighted by Gasteiger charge is 2.03. The van der Waals surface area contributed by atoms with Crippen molar-refractivity contribution in [3.8, 4) is 5.75 Å². The van der Waals surface area contributed by atoms with Gasteiger partial charge in [-0.3, -0.25) is 4.99 Å². The first-order valence-electron chi connectivity index (χ1n) is 6.69. The van der Waals surface area contributed by atoms with Crippen molar-refractivity contribution < 1.29 is 4.74 Å². The number of nitrogens with zero attached hydrogens (tertiary/aromatic N) is 1. The minimum absolute atomic E-state index is 0.742. The Kier molecular flexibility index (Phi) is 5.18. The maximum Gasteiger partial charge on any atom is 0.118 e. The number of hydrogen-bond donors (Lipinski definition) is 0. The maximum atomic E-state index is 5.92. The molecule has 0 aliphatic heterocycles. The highest BCUT2D eigenvalue weighted by atomic mass is 35.5. The summed E-state index contributed by atoms with van der Waals surface area (Å²) in [6, 6.07) is 15.7. The largest absolute Gasteiger partial charge is 0.497 e. The Hall–Kier alpha value is -2.06. The van der Waals surface area contributed by atoms with Crippen molar-refractivity contribution in [3.63, 3.8) is 0 Å². The quantitative estimate of drug-likeness (QED) is 0.738. The monoisotopic (exact) mass is 299 g/mol. The fourth-order valence-corrected chi connectivity index (χ4v) is 2.17. The van der Waals surface area contributed by atoms with Gasteiger partial charge in [0, 0.05) is 12.1 Å². The van der Waals surface area contributed by atoms with Crippen LogP contribution in [0.15, 0.2) is 59.6 Å². The number of allylic oxidation sites excluding steroid dienone is 2. The number of halogens is 1. The fourth-order valence-electron chi connectivity index (χ4n) is 2.04. The topological polar surface area (TPSA) is 21.6 Å². The zero-order chi connectivity index (χ0) is 15.2. The molecule has 2 aromatic carbocycles. The minimum atomic E-state index is 0.742. The number of benzene rings is 2. The van der Waals surface area contributed by atoms with Crippen molar-refractivity contribution in [2.24, 2.45) is 4.99 Å². The van der Waals surface area contributed by atoms with Gasteiger partial charge in [0.1, 0.15) is 5.75 Å². The summed E-state index contributed by atoms with van der Waals surface area (Å²) in [4.78, 5) is 4.37. The van der Waals surface area contributed by atoms with Crippen molar-refractivity contribution >= 4 is 22.9 Å². The molecule has 0 spiro atoms. The molecule has 2 rings (SSSR count). The van der Waals surface area contributed by atoms with E-state index in [4.69, 9.17) is 16.3 Å². The number of methoxy groups -OCH3 is 1. The molecule has 0 N–H and O–H groups in total. The van der Waals surface area contributed by atoms with Crippen LogP contribution in [0.2, 0.25) is 5.02 Å². The standard InChI is InChI=1S/C18H18ClNO/c1-13(14-4-8-16(19)9-5-14)12-18(20-2)15-6-10-17(21-3)11-7-15/h4-12H,1-3H3/b13-12+,20-18?. The zero-order valence-electron chi connectivity index (χ0n) is 12.4. The Morgan fingerprint density at radius 3 is 2.10 bits per heavy atom. The van der Waals surface area contributed by atoms with Crippen LogP contribution >= 0.6 is 11.6 Å². The molecule has 0 bridgehead atoms. The van der Waals surface area contributed by atoms with E-state index in [1.54, 1.807) is 14.2 Å². The Morgan fingerprint density at radius 1 is 1.00 bits per heavy atom. The van der Waals surface area contributed by atoms with Crippen molar-refractivity contribution in [1.29, 1.82) is 0 Å². The lowest BCUT2D eigenvalue weighted by atomic mass is 10.0. The third-order valence-corrected chi connectivity index (χ3v) is 3.53. The summed E-state index contributed by atoms with van der Waals surface area (Å²) in [6.45, 7) is 2.07. The van der Waals surface area contributed by atoms with Gasteiger partial charge in [-0.1, -0.05) is 23.7 Å². The summed E-state index contributed by atoms with van der Waals surface area (Å²) >= 11 is 5.92. The molecule has 0 saturated heterocycles. The molecule has 0 aliphatic carbocycles. The van der Waals surface area contributed by atoms with Gasteiger partial charge in [-0.05, 0) is 66.1 Å². The van der Waals surface area contributed by atoms with E-state index in [1.807, 2.05) is 48.5 Å². The Balaban J connectivity index is 2.28. The summed E-state index contributed by atoms with van der Waals surface area (Å²) in [5.74, 6) is 0.840. The highest BCUT2D eigenvalue weighted by molar-refractivity contribution is 6.30. The molecule has 0 heterocycles. The summed E-state index contributed by atoms with van der Waals surface area (Å²) in [5.41, 5.74) is 4.27. The molecule has 0 saturated carbocycles. The van der Waals surface area contributed by atoms with Crippen LogP contribution in [0.1, 0.15) is 18.1 Å². The van der Waals surface area contributed by atoms with Gasteiger partial charge in [-0.25, -0.2) is 0 Å². The van der Waals surface area contributed by atoms with Crippen LogP contribution in [0.5, 0.6) is 5.75 Å². The van der Waals surface area contributed by atoms with Gasteiger partial charge in [0.2, 0.25) is 0 Å². The van der Waals surface area contributed by atoms with E-state index in [0.29, 0.717) is 0 Å². The van der Waals surface area contributed by atoms with Crippen molar-refractivity contribution in [2.75, 3.05) is 14.2 Å². The average molecular weight is 300 g/mol. The van der Waals surface area contributed by atoms with Gasteiger partial charge >= 0.3 is 0 Å². The molecule has 0 fully saturated rings. The molecule has 21 heavy (non-hydrogen) atoms. The summed E-state index contributed by atoms with van der Waals surface area (Å²) in [6.07, 6.45) is 2.07. The zero-order valence-corrected chi connectivity index (χ0v) is 13.2. The van der Waals surface area contributed by atoms with E-state index in [0.717, 1.165) is 33.2 Å². The number of aliphatic imine (C=N–C) groups is 1. The molecule has 2 nitrogen and oxygen atoms in total. The molecule has 108 valence electrons. The van der Waals surface area contributed by atoms with Crippen molar-refractivity contribution in [3.05, 3.63) is 70.8 Å². The SMILES string of the molecule is CN=C(/C=C(\C)c1ccc(Cl)cc1)c1ccc(OC)cc1. The van der Waals surface area contributed by atoms with E-state index in [-0.39, 0.29) is 0 Å². The van der Waals surface area contributed by atoms with Crippen LogP contribution in [0.4, 0.5) is 0 Å². The predicted molar refractivity (Wildman–Crippen MR) is 90.6 cm³/mol. The van der Waals surface area contributed by atoms with Crippen molar-refractivity contribution in [1.82, 2.24) is 0 Å². The molecule has 0 unspecified atom stereocenters. The van der Waals surface area contributed by atoms with E-state index in [1.165, 1.54) is 0 Å². The highest BCUT2D eigenvalue weighted by Crippen LogP contribution is 2.19. The van der Waals surface area contributed by atoms with E-state index >= 15 is 0 Å². The second-order valence-electron chi connectivity index (χ2n) is 4.67. The number of ether oxygens (including phenoxy) is 1. The van der Waals surface area contributed by atoms with Crippen LogP contribution < -0.4 is 4.74 Å². The summed E-state index contributed by atoms with van der Waals surface area (Å²) in [5, 5.41) is 0.742. The summed E-state index contributed by atoms with van der Waals surface area (Å²) in [7, 11) is 3.46. The van der Waals surface area contributed by atoms with Crippen LogP contribution in [0, 0.1) is 0 Å². The van der Waals surface area contributed by atoms with Crippen LogP contribution in [0.3, 0.4) is 0 Å². The average Bonchev–Trinajstić information content (AvgIpc) is 2.53. The van der Waals surface area contributed by atoms with Gasteiger partial charge in [-0.2, -0.15) is 0 Å². The molecular weight excluding hydrogens is 282 g/mol. The molecule has 0 radical (unpaired) electrons. The first-order valence-corrected chi connectivity index (χ1v) is 7.07. The van der Waals surface area contributed by atoms with E-state index in [9.17, 15) is 0 Å². The third-order valence-electron chi connectivity index (χ3n) is 3.28. The second kappa shape index (κ2) is 7.09. The molecule has 0 aromatic heterocycles. The first kappa shape index (κ1) is 15.3. The number of rotatable bonds is 4. The van der Waals surface area contributed by atoms with Gasteiger partial charge in [0.15, 0.2) is 0 Å². The lowest BCUT2D eigenvalue weighted by molar-refractivity contribution is 0.415. The maximum absolute atomic E-state index is 5.92. The van der Waals surface area contributed by atoms with Gasteiger partial charge < -0.3 is 4.74 Å². The third kappa shape index (κ3) is 3.96. The van der Waals surface area contributed by atoms with Crippen LogP contribution in [0.25, 0.3) is 5.57 Å². The van der Waals surface area contributed by atoms with Crippen LogP contribution in [-0.4, -0.2) is 19.9 Å². The van der Waals surface area contributed by atoms with E-state index < -0.39 is 0 Å². The molecule has 0 atom stereocenters. The lowest BCUT2D eigenvalue weighted by Crippen LogP contribution is -1.98. The lowest BCUT2D eigenvalue weighted by Gasteiger charge is -2.06. The Bertz CT molecular complexity index is 655. The van der Waals surface area contributed by atoms with Gasteiger partial charge in [-0.15, -0.1) is 0 Å². The van der Waals surface area contributed by atoms with Gasteiger partial charge in [0.05, 0.1) is 12.8 Å². The Labute approximate surface area is 130 Å².